The fourth-order valence-electron chi connectivity index (χ4n) is 2.66. The average molecular weight is 321 g/mol. The number of benzene rings is 2. The molecule has 0 saturated heterocycles. The number of hydrogen-bond acceptors (Lipinski definition) is 4. The number of rotatable bonds is 6. The van der Waals surface area contributed by atoms with Crippen LogP contribution in [-0.4, -0.2) is 4.98 Å². The zero-order valence-electron chi connectivity index (χ0n) is 14.0. The van der Waals surface area contributed by atoms with Crippen LogP contribution in [0.25, 0.3) is 22.6 Å². The van der Waals surface area contributed by atoms with Crippen LogP contribution in [0.1, 0.15) is 32.1 Å². The van der Waals surface area contributed by atoms with Crippen molar-refractivity contribution >= 4 is 11.4 Å². The molecule has 2 aromatic carbocycles. The smallest absolute Gasteiger partial charge is 0.195 e. The highest BCUT2D eigenvalue weighted by molar-refractivity contribution is 5.78. The Labute approximate surface area is 142 Å². The second-order valence-corrected chi connectivity index (χ2v) is 5.99. The Morgan fingerprint density at radius 2 is 1.42 bits per heavy atom. The van der Waals surface area contributed by atoms with Crippen LogP contribution in [-0.2, 0) is 6.42 Å². The van der Waals surface area contributed by atoms with Gasteiger partial charge in [-0.2, -0.15) is 0 Å². The first-order chi connectivity index (χ1) is 11.7. The van der Waals surface area contributed by atoms with E-state index >= 15 is 0 Å². The molecule has 3 aromatic rings. The highest BCUT2D eigenvalue weighted by Gasteiger charge is 2.16. The Bertz CT molecular complexity index is 726. The van der Waals surface area contributed by atoms with Crippen molar-refractivity contribution in [2.24, 2.45) is 0 Å². The number of aryl methyl sites for hydroxylation is 1. The predicted octanol–water partition coefficient (Wildman–Crippen LogP) is 4.91. The van der Waals surface area contributed by atoms with Crippen molar-refractivity contribution in [1.82, 2.24) is 4.98 Å². The van der Waals surface area contributed by atoms with Crippen LogP contribution in [0.2, 0.25) is 0 Å². The lowest BCUT2D eigenvalue weighted by molar-refractivity contribution is 0.493. The first-order valence-electron chi connectivity index (χ1n) is 8.39. The Hall–Kier alpha value is -2.75. The standard InChI is InChI=1S/C20H23N3O/c1-2-3-4-5-18-23-19(14-6-10-16(21)11-7-14)20(24-18)15-8-12-17(22)13-9-15/h6-13H,2-5,21-22H2,1H3. The normalized spacial score (nSPS) is 10.9. The molecule has 1 aromatic heterocycles. The third-order valence-electron chi connectivity index (χ3n) is 4.02. The summed E-state index contributed by atoms with van der Waals surface area (Å²) in [5.41, 5.74) is 15.9. The van der Waals surface area contributed by atoms with Gasteiger partial charge in [-0.1, -0.05) is 31.9 Å². The number of aromatic nitrogens is 1. The van der Waals surface area contributed by atoms with E-state index in [0.29, 0.717) is 0 Å². The molecule has 0 amide bonds. The molecule has 0 saturated carbocycles. The summed E-state index contributed by atoms with van der Waals surface area (Å²) >= 11 is 0. The van der Waals surface area contributed by atoms with E-state index in [4.69, 9.17) is 20.9 Å². The average Bonchev–Trinajstić information content (AvgIpc) is 3.01. The lowest BCUT2D eigenvalue weighted by Gasteiger charge is -2.02. The fourth-order valence-corrected chi connectivity index (χ4v) is 2.66. The Balaban J connectivity index is 2.00. The molecule has 4 heteroatoms. The molecule has 0 bridgehead atoms. The minimum atomic E-state index is 0.732. The lowest BCUT2D eigenvalue weighted by Crippen LogP contribution is -1.88. The zero-order chi connectivity index (χ0) is 16.9. The van der Waals surface area contributed by atoms with Gasteiger partial charge < -0.3 is 15.9 Å². The minimum absolute atomic E-state index is 0.732. The maximum atomic E-state index is 6.09. The summed E-state index contributed by atoms with van der Waals surface area (Å²) in [5.74, 6) is 1.56. The van der Waals surface area contributed by atoms with Gasteiger partial charge in [0.25, 0.3) is 0 Å². The van der Waals surface area contributed by atoms with Crippen molar-refractivity contribution in [2.75, 3.05) is 11.5 Å². The van der Waals surface area contributed by atoms with Gasteiger partial charge in [0.2, 0.25) is 0 Å². The highest BCUT2D eigenvalue weighted by Crippen LogP contribution is 2.33. The molecule has 0 fully saturated rings. The highest BCUT2D eigenvalue weighted by atomic mass is 16.4. The van der Waals surface area contributed by atoms with Gasteiger partial charge in [-0.05, 0) is 42.8 Å². The Morgan fingerprint density at radius 3 is 2.00 bits per heavy atom. The van der Waals surface area contributed by atoms with Gasteiger partial charge in [-0.3, -0.25) is 0 Å². The molecule has 0 unspecified atom stereocenters. The molecular weight excluding hydrogens is 298 g/mol. The van der Waals surface area contributed by atoms with Crippen LogP contribution >= 0.6 is 0 Å². The Morgan fingerprint density at radius 1 is 0.833 bits per heavy atom. The molecule has 4 nitrogen and oxygen atoms in total. The van der Waals surface area contributed by atoms with Crippen LogP contribution in [0.3, 0.4) is 0 Å². The Kier molecular flexibility index (Phi) is 4.85. The van der Waals surface area contributed by atoms with Gasteiger partial charge >= 0.3 is 0 Å². The number of nitrogens with two attached hydrogens (primary N) is 2. The van der Waals surface area contributed by atoms with E-state index in [2.05, 4.69) is 6.92 Å². The molecule has 0 atom stereocenters. The summed E-state index contributed by atoms with van der Waals surface area (Å²) in [6, 6.07) is 15.4. The largest absolute Gasteiger partial charge is 0.440 e. The van der Waals surface area contributed by atoms with Crippen LogP contribution in [0.4, 0.5) is 11.4 Å². The second-order valence-electron chi connectivity index (χ2n) is 5.99. The SMILES string of the molecule is CCCCCc1nc(-c2ccc(N)cc2)c(-c2ccc(N)cc2)o1. The maximum Gasteiger partial charge on any atom is 0.195 e. The van der Waals surface area contributed by atoms with E-state index in [1.807, 2.05) is 48.5 Å². The number of nitrogen functional groups attached to an aromatic ring is 2. The summed E-state index contributed by atoms with van der Waals surface area (Å²) in [6.45, 7) is 2.19. The third kappa shape index (κ3) is 3.59. The molecule has 0 aliphatic rings. The van der Waals surface area contributed by atoms with Gasteiger partial charge in [-0.25, -0.2) is 4.98 Å². The molecule has 0 aliphatic heterocycles. The van der Waals surface area contributed by atoms with Crippen LogP contribution in [0, 0.1) is 0 Å². The van der Waals surface area contributed by atoms with Crippen molar-refractivity contribution in [3.63, 3.8) is 0 Å². The monoisotopic (exact) mass is 321 g/mol. The quantitative estimate of drug-likeness (QED) is 0.499. The van der Waals surface area contributed by atoms with E-state index in [9.17, 15) is 0 Å². The summed E-state index contributed by atoms with van der Waals surface area (Å²) in [4.78, 5) is 4.74. The number of nitrogens with zero attached hydrogens (tertiary/aromatic N) is 1. The van der Waals surface area contributed by atoms with Crippen molar-refractivity contribution in [3.05, 3.63) is 54.4 Å². The molecule has 3 rings (SSSR count). The minimum Gasteiger partial charge on any atom is -0.440 e. The molecule has 0 radical (unpaired) electrons. The summed E-state index contributed by atoms with van der Waals surface area (Å²) in [5, 5.41) is 0. The van der Waals surface area contributed by atoms with Crippen molar-refractivity contribution in [3.8, 4) is 22.6 Å². The van der Waals surface area contributed by atoms with Crippen molar-refractivity contribution < 1.29 is 4.42 Å². The van der Waals surface area contributed by atoms with Gasteiger partial charge in [-0.15, -0.1) is 0 Å². The first kappa shape index (κ1) is 16.1. The van der Waals surface area contributed by atoms with Gasteiger partial charge in [0, 0.05) is 28.9 Å². The molecule has 24 heavy (non-hydrogen) atoms. The van der Waals surface area contributed by atoms with E-state index in [0.717, 1.165) is 52.7 Å². The molecule has 0 aliphatic carbocycles. The van der Waals surface area contributed by atoms with Crippen LogP contribution < -0.4 is 11.5 Å². The lowest BCUT2D eigenvalue weighted by atomic mass is 10.1. The molecule has 4 N–H and O–H groups in total. The second kappa shape index (κ2) is 7.21. The van der Waals surface area contributed by atoms with Gasteiger partial charge in [0.05, 0.1) is 0 Å². The summed E-state index contributed by atoms with van der Waals surface area (Å²) in [7, 11) is 0. The predicted molar refractivity (Wildman–Crippen MR) is 99.4 cm³/mol. The topological polar surface area (TPSA) is 78.1 Å². The number of oxazole rings is 1. The van der Waals surface area contributed by atoms with Gasteiger partial charge in [0.1, 0.15) is 5.69 Å². The first-order valence-corrected chi connectivity index (χ1v) is 8.39. The maximum absolute atomic E-state index is 6.09. The van der Waals surface area contributed by atoms with E-state index in [-0.39, 0.29) is 0 Å². The molecule has 0 spiro atoms. The molecule has 124 valence electrons. The zero-order valence-corrected chi connectivity index (χ0v) is 14.0. The summed E-state index contributed by atoms with van der Waals surface area (Å²) in [6.07, 6.45) is 4.29. The van der Waals surface area contributed by atoms with Crippen LogP contribution in [0.5, 0.6) is 0 Å². The number of unbranched alkanes of at least 4 members (excludes halogenated alkanes) is 2. The summed E-state index contributed by atoms with van der Waals surface area (Å²) < 4.78 is 6.09. The van der Waals surface area contributed by atoms with E-state index in [1.165, 1.54) is 12.8 Å². The molecular formula is C20H23N3O. The third-order valence-corrected chi connectivity index (χ3v) is 4.02. The number of anilines is 2. The van der Waals surface area contributed by atoms with Crippen molar-refractivity contribution in [2.45, 2.75) is 32.6 Å². The number of hydrogen-bond donors (Lipinski definition) is 2. The fraction of sp³-hybridized carbons (Fsp3) is 0.250. The van der Waals surface area contributed by atoms with E-state index in [1.54, 1.807) is 0 Å². The molecule has 1 heterocycles. The van der Waals surface area contributed by atoms with E-state index < -0.39 is 0 Å². The van der Waals surface area contributed by atoms with Gasteiger partial charge in [0.15, 0.2) is 11.7 Å². The van der Waals surface area contributed by atoms with Crippen molar-refractivity contribution in [1.29, 1.82) is 0 Å². The van der Waals surface area contributed by atoms with Crippen LogP contribution in [0.15, 0.2) is 52.9 Å².